The van der Waals surface area contributed by atoms with Gasteiger partial charge in [-0.05, 0) is 111 Å². The number of benzene rings is 5. The van der Waals surface area contributed by atoms with Crippen LogP contribution in [0.3, 0.4) is 0 Å². The molecule has 1 aromatic heterocycles. The second kappa shape index (κ2) is 14.3. The first-order chi connectivity index (χ1) is 25.1. The second-order valence-corrected chi connectivity index (χ2v) is 14.1. The zero-order valence-corrected chi connectivity index (χ0v) is 31.6. The maximum Gasteiger partial charge on any atom is 0.532 e. The molecule has 6 aromatic rings. The SMILES string of the molecule is COc1cc(C)c(OP2OC(=O)c3ccccc3O2)c(-c2cc(OC)cc(C)c2Op2oc3c(C)cc(OC)cc3c3cc(OC)cc(C)c3o2)c1. The van der Waals surface area contributed by atoms with Crippen LogP contribution >= 0.6 is 16.8 Å². The second-order valence-electron chi connectivity index (χ2n) is 12.1. The Morgan fingerprint density at radius 3 is 1.50 bits per heavy atom. The molecule has 0 saturated heterocycles. The van der Waals surface area contributed by atoms with E-state index < -0.39 is 22.8 Å². The van der Waals surface area contributed by atoms with Crippen LogP contribution < -0.4 is 32.5 Å². The summed E-state index contributed by atoms with van der Waals surface area (Å²) in [5.74, 6) is 3.18. The van der Waals surface area contributed by atoms with Gasteiger partial charge in [-0.3, -0.25) is 0 Å². The lowest BCUT2D eigenvalue weighted by Crippen LogP contribution is -2.14. The van der Waals surface area contributed by atoms with Crippen LogP contribution in [0.15, 0.2) is 81.2 Å². The monoisotopic (exact) mass is 742 g/mol. The number of para-hydroxylation sites is 1. The Hall–Kier alpha value is -5.50. The lowest BCUT2D eigenvalue weighted by atomic mass is 9.98. The van der Waals surface area contributed by atoms with Gasteiger partial charge in [0, 0.05) is 21.9 Å². The van der Waals surface area contributed by atoms with Gasteiger partial charge in [0.2, 0.25) is 0 Å². The standard InChI is InChI=1S/C39H36O11P2/c1-21-13-25(41-5)17-30(35(21)46-51-45-34-12-10-9-11-29(34)39(40)50-51)31-18-26(42-6)14-22(2)36(31)47-52-48-37-23(3)15-27(43-7)19-32(37)33-20-28(44-8)16-24(4)38(33)49-52/h9-20H,1-8H3. The molecule has 0 aliphatic carbocycles. The van der Waals surface area contributed by atoms with Gasteiger partial charge in [-0.15, -0.1) is 0 Å². The van der Waals surface area contributed by atoms with Crippen LogP contribution in [0, 0.1) is 27.7 Å². The Morgan fingerprint density at radius 2 is 0.981 bits per heavy atom. The highest BCUT2D eigenvalue weighted by molar-refractivity contribution is 7.43. The topological polar surface area (TPSA) is 117 Å². The molecule has 0 bridgehead atoms. The van der Waals surface area contributed by atoms with Crippen molar-refractivity contribution in [1.82, 2.24) is 0 Å². The first-order valence-corrected chi connectivity index (χ1v) is 18.4. The van der Waals surface area contributed by atoms with Gasteiger partial charge in [-0.2, -0.15) is 0 Å². The minimum absolute atomic E-state index is 0.326. The number of carbonyl (C=O) groups is 1. The van der Waals surface area contributed by atoms with Crippen molar-refractivity contribution in [3.63, 3.8) is 0 Å². The molecule has 1 unspecified atom stereocenters. The van der Waals surface area contributed by atoms with Gasteiger partial charge in [0.05, 0.1) is 28.4 Å². The van der Waals surface area contributed by atoms with Crippen LogP contribution in [0.25, 0.3) is 33.1 Å². The summed E-state index contributed by atoms with van der Waals surface area (Å²) in [5, 5.41) is 1.55. The van der Waals surface area contributed by atoms with Crippen molar-refractivity contribution >= 4 is 44.8 Å². The van der Waals surface area contributed by atoms with Crippen LogP contribution in [0.2, 0.25) is 0 Å². The quantitative estimate of drug-likeness (QED) is 0.132. The molecule has 1 atom stereocenters. The highest BCUT2D eigenvalue weighted by atomic mass is 31.2. The summed E-state index contributed by atoms with van der Waals surface area (Å²) in [7, 11) is 2.15. The van der Waals surface area contributed by atoms with E-state index in [1.165, 1.54) is 0 Å². The molecular formula is C39H36O11P2. The summed E-state index contributed by atoms with van der Waals surface area (Å²) in [5.41, 5.74) is 5.76. The molecule has 5 aromatic carbocycles. The van der Waals surface area contributed by atoms with Crippen LogP contribution in [-0.4, -0.2) is 34.4 Å². The number of methoxy groups -OCH3 is 4. The Balaban J connectivity index is 1.42. The molecule has 0 spiro atoms. The zero-order chi connectivity index (χ0) is 36.7. The van der Waals surface area contributed by atoms with E-state index in [1.54, 1.807) is 52.7 Å². The number of hydrogen-bond acceptors (Lipinski definition) is 11. The molecule has 0 amide bonds. The molecule has 13 heteroatoms. The molecular weight excluding hydrogens is 706 g/mol. The van der Waals surface area contributed by atoms with Crippen molar-refractivity contribution in [3.8, 4) is 51.4 Å². The highest BCUT2D eigenvalue weighted by Crippen LogP contribution is 2.53. The molecule has 1 aliphatic heterocycles. The lowest BCUT2D eigenvalue weighted by molar-refractivity contribution is 0.0697. The summed E-state index contributed by atoms with van der Waals surface area (Å²) in [6, 6.07) is 21.8. The number of carbonyl (C=O) groups excluding carboxylic acids is 1. The van der Waals surface area contributed by atoms with Crippen molar-refractivity contribution in [3.05, 3.63) is 101 Å². The Bertz CT molecular complexity index is 2330. The van der Waals surface area contributed by atoms with E-state index >= 15 is 0 Å². The summed E-state index contributed by atoms with van der Waals surface area (Å²) < 4.78 is 60.8. The van der Waals surface area contributed by atoms with Crippen LogP contribution in [0.5, 0.6) is 40.2 Å². The van der Waals surface area contributed by atoms with E-state index in [0.29, 0.717) is 73.7 Å². The third-order valence-corrected chi connectivity index (χ3v) is 10.6. The number of aryl methyl sites for hydroxylation is 4. The minimum atomic E-state index is -2.16. The zero-order valence-electron chi connectivity index (χ0n) is 29.8. The maximum atomic E-state index is 12.9. The fourth-order valence-electron chi connectivity index (χ4n) is 6.04. The van der Waals surface area contributed by atoms with E-state index in [9.17, 15) is 4.79 Å². The van der Waals surface area contributed by atoms with E-state index in [1.807, 2.05) is 76.2 Å². The molecule has 2 heterocycles. The minimum Gasteiger partial charge on any atom is -0.497 e. The highest BCUT2D eigenvalue weighted by Gasteiger charge is 2.34. The van der Waals surface area contributed by atoms with Gasteiger partial charge in [0.15, 0.2) is 0 Å². The predicted octanol–water partition coefficient (Wildman–Crippen LogP) is 10.9. The van der Waals surface area contributed by atoms with E-state index in [0.717, 1.165) is 27.5 Å². The maximum absolute atomic E-state index is 12.9. The van der Waals surface area contributed by atoms with E-state index in [4.69, 9.17) is 45.4 Å². The van der Waals surface area contributed by atoms with E-state index in [2.05, 4.69) is 0 Å². The van der Waals surface area contributed by atoms with Crippen LogP contribution in [0.1, 0.15) is 32.6 Å². The van der Waals surface area contributed by atoms with Gasteiger partial charge in [-0.25, -0.2) is 4.79 Å². The fraction of sp³-hybridized carbons (Fsp3) is 0.205. The van der Waals surface area contributed by atoms with Crippen molar-refractivity contribution in [1.29, 1.82) is 0 Å². The molecule has 1 aliphatic rings. The Morgan fingerprint density at radius 1 is 0.519 bits per heavy atom. The van der Waals surface area contributed by atoms with Crippen LogP contribution in [0.4, 0.5) is 0 Å². The van der Waals surface area contributed by atoms with Crippen molar-refractivity contribution in [2.24, 2.45) is 0 Å². The molecule has 7 rings (SSSR count). The normalized spacial score (nSPS) is 13.5. The summed E-state index contributed by atoms with van der Waals surface area (Å²) >= 11 is 0. The van der Waals surface area contributed by atoms with E-state index in [-0.39, 0.29) is 0 Å². The molecule has 0 radical (unpaired) electrons. The molecule has 52 heavy (non-hydrogen) atoms. The number of rotatable bonds is 9. The average molecular weight is 743 g/mol. The third kappa shape index (κ3) is 6.54. The molecule has 11 nitrogen and oxygen atoms in total. The van der Waals surface area contributed by atoms with Gasteiger partial charge in [0.25, 0.3) is 0 Å². The first-order valence-electron chi connectivity index (χ1n) is 16.2. The fourth-order valence-corrected chi connectivity index (χ4v) is 8.38. The van der Waals surface area contributed by atoms with Gasteiger partial charge >= 0.3 is 22.8 Å². The first kappa shape index (κ1) is 34.9. The molecule has 0 N–H and O–H groups in total. The third-order valence-electron chi connectivity index (χ3n) is 8.62. The van der Waals surface area contributed by atoms with Gasteiger partial charge < -0.3 is 45.4 Å². The van der Waals surface area contributed by atoms with Gasteiger partial charge in [0.1, 0.15) is 57.0 Å². The summed E-state index contributed by atoms with van der Waals surface area (Å²) in [6.07, 6.45) is 0. The number of ether oxygens (including phenoxy) is 4. The predicted molar refractivity (Wildman–Crippen MR) is 199 cm³/mol. The number of fused-ring (bicyclic) bond motifs is 4. The van der Waals surface area contributed by atoms with Crippen molar-refractivity contribution < 1.29 is 50.2 Å². The Kier molecular flexibility index (Phi) is 9.58. The number of hydrogen-bond donors (Lipinski definition) is 0. The van der Waals surface area contributed by atoms with Crippen LogP contribution in [-0.2, 0) is 4.52 Å². The Labute approximate surface area is 302 Å². The van der Waals surface area contributed by atoms with Crippen molar-refractivity contribution in [2.75, 3.05) is 28.4 Å². The lowest BCUT2D eigenvalue weighted by Gasteiger charge is -2.25. The van der Waals surface area contributed by atoms with Gasteiger partial charge in [-0.1, -0.05) is 12.1 Å². The summed E-state index contributed by atoms with van der Waals surface area (Å²) in [6.45, 7) is 7.66. The van der Waals surface area contributed by atoms with Crippen molar-refractivity contribution in [2.45, 2.75) is 27.7 Å². The summed E-state index contributed by atoms with van der Waals surface area (Å²) in [4.78, 5) is 12.9. The molecule has 0 saturated carbocycles. The average Bonchev–Trinajstić information content (AvgIpc) is 3.30. The molecule has 0 fully saturated rings. The molecule has 268 valence electrons. The smallest absolute Gasteiger partial charge is 0.497 e. The largest absolute Gasteiger partial charge is 0.532 e.